The molecule has 2 aromatic heterocycles. The van der Waals surface area contributed by atoms with Crippen LogP contribution < -0.4 is 0 Å². The van der Waals surface area contributed by atoms with E-state index >= 15 is 0 Å². The van der Waals surface area contributed by atoms with Gasteiger partial charge < -0.3 is 0 Å². The fourth-order valence-electron chi connectivity index (χ4n) is 5.69. The molecule has 2 heterocycles. The van der Waals surface area contributed by atoms with Crippen LogP contribution in [0, 0.1) is 11.3 Å². The van der Waals surface area contributed by atoms with Crippen LogP contribution in [0.2, 0.25) is 0 Å². The molecule has 8 rings (SSSR count). The summed E-state index contributed by atoms with van der Waals surface area (Å²) in [7, 11) is 0. The zero-order chi connectivity index (χ0) is 31.6. The summed E-state index contributed by atoms with van der Waals surface area (Å²) < 4.78 is 1.07. The number of hydrogen-bond donors (Lipinski definition) is 0. The number of rotatable bonds is 6. The molecule has 0 amide bonds. The first kappa shape index (κ1) is 28.2. The van der Waals surface area contributed by atoms with E-state index in [0.29, 0.717) is 23.0 Å². The lowest BCUT2D eigenvalue weighted by Gasteiger charge is -2.13. The first-order chi connectivity index (χ1) is 23.2. The minimum absolute atomic E-state index is 0.600. The van der Waals surface area contributed by atoms with Crippen LogP contribution in [0.25, 0.3) is 77.2 Å². The van der Waals surface area contributed by atoms with Gasteiger partial charge in [0, 0.05) is 27.8 Å². The van der Waals surface area contributed by atoms with Crippen molar-refractivity contribution in [2.45, 2.75) is 0 Å². The van der Waals surface area contributed by atoms with Crippen LogP contribution in [0.4, 0.5) is 0 Å². The Hall–Kier alpha value is -6.29. The number of nitrogens with zero attached hydrogens (tertiary/aromatic N) is 5. The van der Waals surface area contributed by atoms with Crippen LogP contribution in [0.5, 0.6) is 0 Å². The number of nitriles is 1. The molecule has 0 unspecified atom stereocenters. The zero-order valence-corrected chi connectivity index (χ0v) is 25.9. The van der Waals surface area contributed by atoms with Gasteiger partial charge in [-0.15, -0.1) is 11.3 Å². The Bertz CT molecular complexity index is 2340. The second-order valence-corrected chi connectivity index (χ2v) is 12.1. The molecule has 0 atom stereocenters. The molecule has 0 radical (unpaired) electrons. The van der Waals surface area contributed by atoms with Crippen molar-refractivity contribution in [3.63, 3.8) is 0 Å². The summed E-state index contributed by atoms with van der Waals surface area (Å²) in [5.41, 5.74) is 9.40. The van der Waals surface area contributed by atoms with Gasteiger partial charge in [0.15, 0.2) is 17.5 Å². The molecule has 0 N–H and O–H groups in total. The molecule has 0 fully saturated rings. The molecule has 0 aliphatic heterocycles. The molecular weight excluding hydrogens is 595 g/mol. The van der Waals surface area contributed by atoms with Crippen molar-refractivity contribution in [1.82, 2.24) is 19.9 Å². The molecule has 220 valence electrons. The Labute approximate surface area is 276 Å². The Balaban J connectivity index is 1.34. The van der Waals surface area contributed by atoms with Crippen LogP contribution in [0.15, 0.2) is 152 Å². The second-order valence-electron chi connectivity index (χ2n) is 11.0. The Kier molecular flexibility index (Phi) is 7.35. The second kappa shape index (κ2) is 12.2. The van der Waals surface area contributed by atoms with Gasteiger partial charge in [-0.25, -0.2) is 19.9 Å². The summed E-state index contributed by atoms with van der Waals surface area (Å²) in [6.45, 7) is 0. The van der Waals surface area contributed by atoms with Gasteiger partial charge in [-0.05, 0) is 41.0 Å². The number of fused-ring (bicyclic) bond motifs is 1. The predicted molar refractivity (Wildman–Crippen MR) is 190 cm³/mol. The molecular formula is C41H25N5S. The molecule has 0 spiro atoms. The number of benzene rings is 6. The standard InChI is InChI=1S/C41H25N5S/c42-26-27-20-22-28(23-21-27)35-24-32(25-36-37(35)43-41(47-36)31-16-8-3-9-17-31)33-18-10-11-19-34(33)40-45-38(29-12-4-1-5-13-29)44-39(46-40)30-14-6-2-7-15-30/h1-25H. The molecule has 6 aromatic carbocycles. The van der Waals surface area contributed by atoms with Crippen molar-refractivity contribution >= 4 is 21.6 Å². The molecule has 0 aliphatic carbocycles. The fourth-order valence-corrected chi connectivity index (χ4v) is 6.73. The van der Waals surface area contributed by atoms with Crippen molar-refractivity contribution < 1.29 is 0 Å². The largest absolute Gasteiger partial charge is 0.235 e. The van der Waals surface area contributed by atoms with Crippen LogP contribution in [0.3, 0.4) is 0 Å². The van der Waals surface area contributed by atoms with E-state index in [1.807, 2.05) is 115 Å². The van der Waals surface area contributed by atoms with Gasteiger partial charge in [-0.2, -0.15) is 5.26 Å². The summed E-state index contributed by atoms with van der Waals surface area (Å²) in [5, 5.41) is 10.4. The summed E-state index contributed by atoms with van der Waals surface area (Å²) in [6.07, 6.45) is 0. The van der Waals surface area contributed by atoms with Crippen molar-refractivity contribution in [2.24, 2.45) is 0 Å². The first-order valence-electron chi connectivity index (χ1n) is 15.2. The van der Waals surface area contributed by atoms with Crippen LogP contribution in [0.1, 0.15) is 5.56 Å². The smallest absolute Gasteiger partial charge is 0.164 e. The average molecular weight is 620 g/mol. The highest BCUT2D eigenvalue weighted by Gasteiger charge is 2.19. The molecule has 0 aliphatic rings. The first-order valence-corrected chi connectivity index (χ1v) is 16.0. The lowest BCUT2D eigenvalue weighted by molar-refractivity contribution is 1.07. The maximum atomic E-state index is 9.44. The van der Waals surface area contributed by atoms with E-state index in [4.69, 9.17) is 19.9 Å². The monoisotopic (exact) mass is 619 g/mol. The summed E-state index contributed by atoms with van der Waals surface area (Å²) in [6, 6.07) is 52.9. The average Bonchev–Trinajstić information content (AvgIpc) is 3.60. The third kappa shape index (κ3) is 5.57. The van der Waals surface area contributed by atoms with Gasteiger partial charge in [0.2, 0.25) is 0 Å². The molecule has 8 aromatic rings. The van der Waals surface area contributed by atoms with Crippen molar-refractivity contribution in [1.29, 1.82) is 5.26 Å². The van der Waals surface area contributed by atoms with Crippen molar-refractivity contribution in [3.8, 4) is 73.1 Å². The lowest BCUT2D eigenvalue weighted by Crippen LogP contribution is -2.01. The fraction of sp³-hybridized carbons (Fsp3) is 0. The summed E-state index contributed by atoms with van der Waals surface area (Å²) in [5.74, 6) is 1.84. The lowest BCUT2D eigenvalue weighted by atomic mass is 9.94. The van der Waals surface area contributed by atoms with Crippen LogP contribution in [-0.2, 0) is 0 Å². The molecule has 6 heteroatoms. The maximum absolute atomic E-state index is 9.44. The Morgan fingerprint density at radius 1 is 0.426 bits per heavy atom. The zero-order valence-electron chi connectivity index (χ0n) is 25.1. The van der Waals surface area contributed by atoms with Crippen molar-refractivity contribution in [3.05, 3.63) is 157 Å². The topological polar surface area (TPSA) is 75.3 Å². The third-order valence-corrected chi connectivity index (χ3v) is 9.07. The van der Waals surface area contributed by atoms with Gasteiger partial charge in [-0.1, -0.05) is 127 Å². The molecule has 0 saturated heterocycles. The quantitative estimate of drug-likeness (QED) is 0.185. The van der Waals surface area contributed by atoms with Crippen molar-refractivity contribution in [2.75, 3.05) is 0 Å². The number of aromatic nitrogens is 4. The van der Waals surface area contributed by atoms with E-state index in [-0.39, 0.29) is 0 Å². The van der Waals surface area contributed by atoms with E-state index < -0.39 is 0 Å². The molecule has 5 nitrogen and oxygen atoms in total. The summed E-state index contributed by atoms with van der Waals surface area (Å²) in [4.78, 5) is 20.1. The van der Waals surface area contributed by atoms with Gasteiger partial charge >= 0.3 is 0 Å². The molecule has 0 saturated carbocycles. The highest BCUT2D eigenvalue weighted by Crippen LogP contribution is 2.41. The van der Waals surface area contributed by atoms with Gasteiger partial charge in [0.05, 0.1) is 21.8 Å². The Morgan fingerprint density at radius 3 is 1.55 bits per heavy atom. The summed E-state index contributed by atoms with van der Waals surface area (Å²) >= 11 is 1.67. The molecule has 47 heavy (non-hydrogen) atoms. The van der Waals surface area contributed by atoms with E-state index in [1.54, 1.807) is 11.3 Å². The van der Waals surface area contributed by atoms with Crippen LogP contribution in [-0.4, -0.2) is 19.9 Å². The van der Waals surface area contributed by atoms with Gasteiger partial charge in [0.25, 0.3) is 0 Å². The van der Waals surface area contributed by atoms with Gasteiger partial charge in [0.1, 0.15) is 5.01 Å². The van der Waals surface area contributed by atoms with Crippen LogP contribution >= 0.6 is 11.3 Å². The number of hydrogen-bond acceptors (Lipinski definition) is 6. The van der Waals surface area contributed by atoms with E-state index in [1.165, 1.54) is 0 Å². The molecule has 0 bridgehead atoms. The van der Waals surface area contributed by atoms with E-state index in [2.05, 4.69) is 42.5 Å². The van der Waals surface area contributed by atoms with E-state index in [0.717, 1.165) is 59.7 Å². The minimum Gasteiger partial charge on any atom is -0.235 e. The van der Waals surface area contributed by atoms with Gasteiger partial charge in [-0.3, -0.25) is 0 Å². The normalized spacial score (nSPS) is 11.0. The Morgan fingerprint density at radius 2 is 0.957 bits per heavy atom. The van der Waals surface area contributed by atoms with E-state index in [9.17, 15) is 5.26 Å². The third-order valence-electron chi connectivity index (χ3n) is 8.02. The number of thiazole rings is 1. The maximum Gasteiger partial charge on any atom is 0.164 e. The minimum atomic E-state index is 0.600. The predicted octanol–water partition coefficient (Wildman–Crippen LogP) is 10.4. The SMILES string of the molecule is N#Cc1ccc(-c2cc(-c3ccccc3-c3nc(-c4ccccc4)nc(-c4ccccc4)n3)cc3sc(-c4ccccc4)nc23)cc1. The highest BCUT2D eigenvalue weighted by molar-refractivity contribution is 7.21. The highest BCUT2D eigenvalue weighted by atomic mass is 32.1.